The van der Waals surface area contributed by atoms with Crippen molar-refractivity contribution in [2.75, 3.05) is 0 Å². The van der Waals surface area contributed by atoms with E-state index in [2.05, 4.69) is 20.6 Å². The molecule has 2 N–H and O–H groups in total. The summed E-state index contributed by atoms with van der Waals surface area (Å²) < 4.78 is 0. The number of amidine groups is 2. The number of aryl methyl sites for hydroxylation is 2. The normalized spacial score (nSPS) is 16.3. The number of carbonyl (C=O) groups excluding carboxylic acids is 2. The maximum absolute atomic E-state index is 12.7. The van der Waals surface area contributed by atoms with Gasteiger partial charge in [-0.25, -0.2) is 9.98 Å². The van der Waals surface area contributed by atoms with Gasteiger partial charge in [-0.05, 0) is 31.0 Å². The van der Waals surface area contributed by atoms with Gasteiger partial charge in [-0.2, -0.15) is 0 Å². The standard InChI is InChI=1S/C24H10Cl8N4O2/c1-5-3-6(2)8(34-22-10-12(24(38)36-22)16(28)20(32)18(30)14(10)26)4-7(5)33-21-9-11(23(37)35-21)15(27)19(31)17(29)13(9)25/h3-4H,1-2H3,(H,33,35,37)(H,34,36,38). The molecule has 0 saturated carbocycles. The lowest BCUT2D eigenvalue weighted by Gasteiger charge is -2.11. The number of nitrogens with zero attached hydrogens (tertiary/aromatic N) is 2. The average Bonchev–Trinajstić information content (AvgIpc) is 3.37. The van der Waals surface area contributed by atoms with Gasteiger partial charge in [0.15, 0.2) is 0 Å². The molecule has 2 aliphatic heterocycles. The summed E-state index contributed by atoms with van der Waals surface area (Å²) >= 11 is 50.0. The molecule has 5 rings (SSSR count). The predicted molar refractivity (Wildman–Crippen MR) is 156 cm³/mol. The Bertz CT molecular complexity index is 1590. The van der Waals surface area contributed by atoms with Crippen molar-refractivity contribution < 1.29 is 9.59 Å². The molecule has 38 heavy (non-hydrogen) atoms. The zero-order valence-electron chi connectivity index (χ0n) is 18.9. The molecule has 0 radical (unpaired) electrons. The molecular weight excluding hydrogens is 660 g/mol. The van der Waals surface area contributed by atoms with Crippen LogP contribution in [-0.2, 0) is 0 Å². The van der Waals surface area contributed by atoms with Gasteiger partial charge < -0.3 is 10.6 Å². The van der Waals surface area contributed by atoms with Crippen LogP contribution in [0.4, 0.5) is 11.4 Å². The zero-order chi connectivity index (χ0) is 27.8. The van der Waals surface area contributed by atoms with Crippen LogP contribution in [0.5, 0.6) is 0 Å². The minimum atomic E-state index is -0.526. The fraction of sp³-hybridized carbons (Fsp3) is 0.0833. The number of carbonyl (C=O) groups is 2. The Balaban J connectivity index is 1.67. The number of amides is 2. The summed E-state index contributed by atoms with van der Waals surface area (Å²) in [6.45, 7) is 3.66. The Morgan fingerprint density at radius 3 is 1.16 bits per heavy atom. The van der Waals surface area contributed by atoms with E-state index in [0.717, 1.165) is 11.1 Å². The molecule has 0 fully saturated rings. The monoisotopic (exact) mass is 666 g/mol. The summed E-state index contributed by atoms with van der Waals surface area (Å²) in [6.07, 6.45) is 0. The van der Waals surface area contributed by atoms with Crippen molar-refractivity contribution in [2.24, 2.45) is 9.98 Å². The molecule has 0 bridgehead atoms. The maximum Gasteiger partial charge on any atom is 0.259 e. The second-order valence-corrected chi connectivity index (χ2v) is 11.3. The molecule has 6 nitrogen and oxygen atoms in total. The smallest absolute Gasteiger partial charge is 0.259 e. The molecule has 3 aromatic rings. The summed E-state index contributed by atoms with van der Waals surface area (Å²) in [6, 6.07) is 3.50. The SMILES string of the molecule is Cc1cc(C)c(N=C2NC(=O)c3c(Cl)c(Cl)c(Cl)c(Cl)c32)cc1N=C1NC(=O)c2c(Cl)c(Cl)c(Cl)c(Cl)c21. The van der Waals surface area contributed by atoms with Crippen molar-refractivity contribution in [1.29, 1.82) is 0 Å². The van der Waals surface area contributed by atoms with Gasteiger partial charge >= 0.3 is 0 Å². The highest BCUT2D eigenvalue weighted by atomic mass is 35.5. The third-order valence-corrected chi connectivity index (χ3v) is 9.51. The zero-order valence-corrected chi connectivity index (χ0v) is 24.9. The molecule has 2 amide bonds. The van der Waals surface area contributed by atoms with E-state index in [0.29, 0.717) is 11.4 Å². The van der Waals surface area contributed by atoms with Crippen molar-refractivity contribution >= 4 is 128 Å². The van der Waals surface area contributed by atoms with Gasteiger partial charge in [0.1, 0.15) is 11.7 Å². The molecule has 0 saturated heterocycles. The Hall–Kier alpha value is -1.74. The van der Waals surface area contributed by atoms with Gasteiger partial charge in [-0.3, -0.25) is 9.59 Å². The molecular formula is C24H10Cl8N4O2. The van der Waals surface area contributed by atoms with Crippen molar-refractivity contribution in [1.82, 2.24) is 10.6 Å². The average molecular weight is 670 g/mol. The molecule has 14 heteroatoms. The third kappa shape index (κ3) is 4.27. The number of halogens is 8. The second kappa shape index (κ2) is 10.0. The van der Waals surface area contributed by atoms with Gasteiger partial charge in [-0.1, -0.05) is 98.9 Å². The van der Waals surface area contributed by atoms with Crippen LogP contribution >= 0.6 is 92.8 Å². The Morgan fingerprint density at radius 1 is 0.500 bits per heavy atom. The highest BCUT2D eigenvalue weighted by Gasteiger charge is 2.35. The van der Waals surface area contributed by atoms with Crippen molar-refractivity contribution in [3.05, 3.63) is 85.7 Å². The first kappa shape index (κ1) is 27.8. The Labute approximate surface area is 255 Å². The Kier molecular flexibility index (Phi) is 7.34. The van der Waals surface area contributed by atoms with Crippen LogP contribution in [0.25, 0.3) is 0 Å². The third-order valence-electron chi connectivity index (χ3n) is 5.90. The number of fused-ring (bicyclic) bond motifs is 2. The largest absolute Gasteiger partial charge is 0.306 e. The van der Waals surface area contributed by atoms with Crippen molar-refractivity contribution in [3.63, 3.8) is 0 Å². The van der Waals surface area contributed by atoms with Crippen LogP contribution in [-0.4, -0.2) is 23.5 Å². The number of rotatable bonds is 2. The summed E-state index contributed by atoms with van der Waals surface area (Å²) in [4.78, 5) is 34.5. The van der Waals surface area contributed by atoms with E-state index in [1.807, 2.05) is 19.9 Å². The second-order valence-electron chi connectivity index (χ2n) is 8.27. The molecule has 0 aliphatic carbocycles. The lowest BCUT2D eigenvalue weighted by molar-refractivity contribution is 0.0975. The van der Waals surface area contributed by atoms with Gasteiger partial charge in [-0.15, -0.1) is 0 Å². The number of benzene rings is 3. The molecule has 0 unspecified atom stereocenters. The first-order valence-corrected chi connectivity index (χ1v) is 13.5. The van der Waals surface area contributed by atoms with Crippen LogP contribution in [0.1, 0.15) is 43.0 Å². The van der Waals surface area contributed by atoms with Crippen LogP contribution in [0.15, 0.2) is 22.1 Å². The van der Waals surface area contributed by atoms with Crippen molar-refractivity contribution in [2.45, 2.75) is 13.8 Å². The minimum Gasteiger partial charge on any atom is -0.306 e. The lowest BCUT2D eigenvalue weighted by Crippen LogP contribution is -2.21. The van der Waals surface area contributed by atoms with Gasteiger partial charge in [0.05, 0.1) is 73.8 Å². The molecule has 194 valence electrons. The first-order valence-electron chi connectivity index (χ1n) is 10.5. The molecule has 0 atom stereocenters. The summed E-state index contributed by atoms with van der Waals surface area (Å²) in [7, 11) is 0. The molecule has 0 spiro atoms. The number of nitrogens with one attached hydrogen (secondary N) is 2. The first-order chi connectivity index (χ1) is 17.8. The van der Waals surface area contributed by atoms with Crippen LogP contribution < -0.4 is 10.6 Å². The van der Waals surface area contributed by atoms with E-state index in [9.17, 15) is 9.59 Å². The van der Waals surface area contributed by atoms with E-state index >= 15 is 0 Å². The molecule has 0 aromatic heterocycles. The van der Waals surface area contributed by atoms with E-state index in [-0.39, 0.29) is 74.1 Å². The summed E-state index contributed by atoms with van der Waals surface area (Å²) in [5.41, 5.74) is 3.01. The molecule has 2 heterocycles. The number of hydrogen-bond acceptors (Lipinski definition) is 4. The quantitative estimate of drug-likeness (QED) is 0.211. The van der Waals surface area contributed by atoms with E-state index < -0.39 is 11.8 Å². The lowest BCUT2D eigenvalue weighted by atomic mass is 10.1. The van der Waals surface area contributed by atoms with Crippen LogP contribution in [0.3, 0.4) is 0 Å². The van der Waals surface area contributed by atoms with Crippen LogP contribution in [0.2, 0.25) is 40.2 Å². The predicted octanol–water partition coefficient (Wildman–Crippen LogP) is 9.17. The Morgan fingerprint density at radius 2 is 0.816 bits per heavy atom. The van der Waals surface area contributed by atoms with Gasteiger partial charge in [0.2, 0.25) is 0 Å². The van der Waals surface area contributed by atoms with Gasteiger partial charge in [0, 0.05) is 0 Å². The van der Waals surface area contributed by atoms with Crippen LogP contribution in [0, 0.1) is 13.8 Å². The van der Waals surface area contributed by atoms with Crippen molar-refractivity contribution in [3.8, 4) is 0 Å². The maximum atomic E-state index is 12.7. The van der Waals surface area contributed by atoms with E-state index in [1.165, 1.54) is 0 Å². The van der Waals surface area contributed by atoms with E-state index in [4.69, 9.17) is 92.8 Å². The van der Waals surface area contributed by atoms with Gasteiger partial charge in [0.25, 0.3) is 11.8 Å². The fourth-order valence-electron chi connectivity index (χ4n) is 4.08. The highest BCUT2D eigenvalue weighted by Crippen LogP contribution is 2.45. The summed E-state index contributed by atoms with van der Waals surface area (Å²) in [5, 5.41) is 5.25. The molecule has 2 aliphatic rings. The topological polar surface area (TPSA) is 82.9 Å². The molecule has 3 aromatic carbocycles. The number of hydrogen-bond donors (Lipinski definition) is 2. The minimum absolute atomic E-state index is 0.000977. The highest BCUT2D eigenvalue weighted by molar-refractivity contribution is 6.56. The fourth-order valence-corrected chi connectivity index (χ4v) is 6.13. The summed E-state index contributed by atoms with van der Waals surface area (Å²) in [5.74, 6) is -0.780. The number of aliphatic imine (C=N–C) groups is 2. The van der Waals surface area contributed by atoms with E-state index in [1.54, 1.807) is 6.07 Å².